The van der Waals surface area contributed by atoms with Crippen LogP contribution in [0.4, 0.5) is 0 Å². The number of imidazole rings is 1. The Morgan fingerprint density at radius 1 is 1.64 bits per heavy atom. The van der Waals surface area contributed by atoms with Gasteiger partial charge in [-0.1, -0.05) is 6.92 Å². The van der Waals surface area contributed by atoms with E-state index in [1.807, 2.05) is 6.92 Å². The van der Waals surface area contributed by atoms with Crippen LogP contribution in [-0.2, 0) is 6.42 Å². The molecule has 0 fully saturated rings. The number of hydrogen-bond donors (Lipinski definition) is 2. The van der Waals surface area contributed by atoms with Crippen LogP contribution in [0.2, 0.25) is 0 Å². The summed E-state index contributed by atoms with van der Waals surface area (Å²) >= 11 is 0. The quantitative estimate of drug-likeness (QED) is 0.747. The predicted octanol–water partition coefficient (Wildman–Crippen LogP) is 1.22. The third-order valence-electron chi connectivity index (χ3n) is 1.97. The summed E-state index contributed by atoms with van der Waals surface area (Å²) < 4.78 is 0. The van der Waals surface area contributed by atoms with Crippen molar-refractivity contribution in [2.45, 2.75) is 13.3 Å². The van der Waals surface area contributed by atoms with E-state index in [1.165, 1.54) is 12.3 Å². The molecule has 0 radical (unpaired) electrons. The zero-order valence-corrected chi connectivity index (χ0v) is 7.61. The van der Waals surface area contributed by atoms with Gasteiger partial charge >= 0.3 is 5.97 Å². The summed E-state index contributed by atoms with van der Waals surface area (Å²) in [5.74, 6) is -0.171. The van der Waals surface area contributed by atoms with Crippen molar-refractivity contribution >= 4 is 17.1 Å². The predicted molar refractivity (Wildman–Crippen MR) is 50.2 cm³/mol. The number of hydrogen-bond acceptors (Lipinski definition) is 3. The largest absolute Gasteiger partial charge is 0.478 e. The van der Waals surface area contributed by atoms with Crippen molar-refractivity contribution in [1.29, 1.82) is 0 Å². The van der Waals surface area contributed by atoms with Gasteiger partial charge in [-0.3, -0.25) is 0 Å². The number of rotatable bonds is 2. The Labute approximate surface area is 79.8 Å². The fourth-order valence-corrected chi connectivity index (χ4v) is 1.23. The van der Waals surface area contributed by atoms with Gasteiger partial charge in [0.15, 0.2) is 5.65 Å². The molecule has 0 saturated heterocycles. The molecule has 2 heterocycles. The van der Waals surface area contributed by atoms with Crippen molar-refractivity contribution in [3.63, 3.8) is 0 Å². The summed E-state index contributed by atoms with van der Waals surface area (Å²) in [5, 5.41) is 8.73. The number of aromatic carboxylic acids is 1. The first-order chi connectivity index (χ1) is 6.70. The maximum absolute atomic E-state index is 10.6. The first-order valence-corrected chi connectivity index (χ1v) is 4.28. The minimum Gasteiger partial charge on any atom is -0.478 e. The number of carboxylic acid groups (broad SMARTS) is 1. The van der Waals surface area contributed by atoms with Crippen LogP contribution in [-0.4, -0.2) is 26.0 Å². The van der Waals surface area contributed by atoms with Crippen LogP contribution in [0.5, 0.6) is 0 Å². The van der Waals surface area contributed by atoms with Gasteiger partial charge in [0, 0.05) is 12.6 Å². The van der Waals surface area contributed by atoms with E-state index in [0.29, 0.717) is 11.2 Å². The van der Waals surface area contributed by atoms with Gasteiger partial charge in [0.2, 0.25) is 0 Å². The van der Waals surface area contributed by atoms with Crippen molar-refractivity contribution in [2.75, 3.05) is 0 Å². The fraction of sp³-hybridized carbons (Fsp3) is 0.222. The zero-order chi connectivity index (χ0) is 10.1. The maximum Gasteiger partial charge on any atom is 0.337 e. The van der Waals surface area contributed by atoms with E-state index >= 15 is 0 Å². The van der Waals surface area contributed by atoms with Crippen LogP contribution >= 0.6 is 0 Å². The number of pyridine rings is 1. The second-order valence-electron chi connectivity index (χ2n) is 2.93. The number of nitrogens with zero attached hydrogens (tertiary/aromatic N) is 2. The smallest absolute Gasteiger partial charge is 0.337 e. The standard InChI is InChI=1S/C9H9N3O2/c1-2-7-11-6-3-5(9(13)14)4-10-8(6)12-7/h3-4H,2H2,1H3,(H,13,14)(H,10,11,12). The van der Waals surface area contributed by atoms with E-state index in [-0.39, 0.29) is 5.56 Å². The monoisotopic (exact) mass is 191 g/mol. The number of aromatic nitrogens is 3. The normalized spacial score (nSPS) is 10.6. The first kappa shape index (κ1) is 8.68. The van der Waals surface area contributed by atoms with E-state index in [4.69, 9.17) is 5.11 Å². The number of carboxylic acids is 1. The molecule has 0 atom stereocenters. The van der Waals surface area contributed by atoms with Crippen molar-refractivity contribution < 1.29 is 9.90 Å². The lowest BCUT2D eigenvalue weighted by Gasteiger charge is -1.91. The van der Waals surface area contributed by atoms with Crippen LogP contribution in [0.1, 0.15) is 23.1 Å². The van der Waals surface area contributed by atoms with E-state index in [9.17, 15) is 4.79 Å². The molecule has 2 aromatic rings. The van der Waals surface area contributed by atoms with E-state index in [1.54, 1.807) is 0 Å². The van der Waals surface area contributed by atoms with Crippen LogP contribution < -0.4 is 0 Å². The minimum absolute atomic E-state index is 0.159. The Kier molecular flexibility index (Phi) is 1.92. The third kappa shape index (κ3) is 1.32. The zero-order valence-electron chi connectivity index (χ0n) is 7.61. The molecule has 5 heteroatoms. The summed E-state index contributed by atoms with van der Waals surface area (Å²) in [6.45, 7) is 1.97. The third-order valence-corrected chi connectivity index (χ3v) is 1.97. The van der Waals surface area contributed by atoms with E-state index in [2.05, 4.69) is 15.0 Å². The number of H-pyrrole nitrogens is 1. The molecular weight excluding hydrogens is 182 g/mol. The minimum atomic E-state index is -0.986. The molecule has 0 spiro atoms. The van der Waals surface area contributed by atoms with Gasteiger partial charge in [-0.25, -0.2) is 14.8 Å². The number of nitrogens with one attached hydrogen (secondary N) is 1. The summed E-state index contributed by atoms with van der Waals surface area (Å²) in [6, 6.07) is 1.51. The summed E-state index contributed by atoms with van der Waals surface area (Å²) in [7, 11) is 0. The average molecular weight is 191 g/mol. The second kappa shape index (κ2) is 3.10. The summed E-state index contributed by atoms with van der Waals surface area (Å²) in [5.41, 5.74) is 1.39. The van der Waals surface area contributed by atoms with Crippen LogP contribution in [0.15, 0.2) is 12.3 Å². The number of aromatic amines is 1. The molecule has 0 unspecified atom stereocenters. The van der Waals surface area contributed by atoms with Gasteiger partial charge in [0.1, 0.15) is 11.3 Å². The van der Waals surface area contributed by atoms with Crippen LogP contribution in [0.25, 0.3) is 11.2 Å². The number of fused-ring (bicyclic) bond motifs is 1. The van der Waals surface area contributed by atoms with Gasteiger partial charge in [-0.2, -0.15) is 0 Å². The lowest BCUT2D eigenvalue weighted by molar-refractivity contribution is 0.0696. The topological polar surface area (TPSA) is 78.9 Å². The summed E-state index contributed by atoms with van der Waals surface area (Å²) in [6.07, 6.45) is 2.10. The Morgan fingerprint density at radius 2 is 2.43 bits per heavy atom. The van der Waals surface area contributed by atoms with Gasteiger partial charge in [-0.05, 0) is 6.07 Å². The number of aryl methyl sites for hydroxylation is 1. The second-order valence-corrected chi connectivity index (χ2v) is 2.93. The first-order valence-electron chi connectivity index (χ1n) is 4.28. The van der Waals surface area contributed by atoms with Gasteiger partial charge in [0.05, 0.1) is 5.56 Å². The highest BCUT2D eigenvalue weighted by Crippen LogP contribution is 2.10. The molecule has 2 N–H and O–H groups in total. The molecule has 2 aromatic heterocycles. The highest BCUT2D eigenvalue weighted by Gasteiger charge is 2.07. The van der Waals surface area contributed by atoms with Crippen LogP contribution in [0.3, 0.4) is 0 Å². The molecule has 0 aliphatic heterocycles. The van der Waals surface area contributed by atoms with E-state index in [0.717, 1.165) is 12.2 Å². The molecular formula is C9H9N3O2. The van der Waals surface area contributed by atoms with Crippen molar-refractivity contribution in [3.8, 4) is 0 Å². The molecule has 0 aliphatic rings. The molecule has 0 aromatic carbocycles. The molecule has 0 amide bonds. The molecule has 0 aliphatic carbocycles. The van der Waals surface area contributed by atoms with Gasteiger partial charge in [0.25, 0.3) is 0 Å². The Bertz CT molecular complexity index is 490. The van der Waals surface area contributed by atoms with Gasteiger partial charge in [-0.15, -0.1) is 0 Å². The van der Waals surface area contributed by atoms with Crippen molar-refractivity contribution in [3.05, 3.63) is 23.7 Å². The maximum atomic E-state index is 10.6. The Morgan fingerprint density at radius 3 is 3.07 bits per heavy atom. The highest BCUT2D eigenvalue weighted by molar-refractivity contribution is 5.90. The average Bonchev–Trinajstić information content (AvgIpc) is 2.58. The Hall–Kier alpha value is -1.91. The SMILES string of the molecule is CCc1nc2cc(C(=O)O)cnc2[nH]1. The molecule has 5 nitrogen and oxygen atoms in total. The molecule has 72 valence electrons. The summed E-state index contributed by atoms with van der Waals surface area (Å²) in [4.78, 5) is 21.8. The van der Waals surface area contributed by atoms with E-state index < -0.39 is 5.97 Å². The lowest BCUT2D eigenvalue weighted by atomic mass is 10.3. The van der Waals surface area contributed by atoms with Gasteiger partial charge < -0.3 is 10.1 Å². The van der Waals surface area contributed by atoms with Crippen molar-refractivity contribution in [1.82, 2.24) is 15.0 Å². The number of carbonyl (C=O) groups is 1. The van der Waals surface area contributed by atoms with Crippen molar-refractivity contribution in [2.24, 2.45) is 0 Å². The lowest BCUT2D eigenvalue weighted by Crippen LogP contribution is -1.96. The molecule has 0 saturated carbocycles. The van der Waals surface area contributed by atoms with Crippen LogP contribution in [0, 0.1) is 0 Å². The fourth-order valence-electron chi connectivity index (χ4n) is 1.23. The molecule has 2 rings (SSSR count). The molecule has 0 bridgehead atoms. The Balaban J connectivity index is 2.59. The molecule has 14 heavy (non-hydrogen) atoms. The highest BCUT2D eigenvalue weighted by atomic mass is 16.4.